The van der Waals surface area contributed by atoms with Crippen LogP contribution in [0.5, 0.6) is 0 Å². The van der Waals surface area contributed by atoms with Gasteiger partial charge in [0, 0.05) is 30.3 Å². The van der Waals surface area contributed by atoms with E-state index in [-0.39, 0.29) is 17.9 Å². The maximum absolute atomic E-state index is 12.2. The maximum atomic E-state index is 12.2. The van der Waals surface area contributed by atoms with Crippen LogP contribution < -0.4 is 4.90 Å². The summed E-state index contributed by atoms with van der Waals surface area (Å²) in [6.07, 6.45) is 12.1. The van der Waals surface area contributed by atoms with Crippen LogP contribution in [0, 0.1) is 11.8 Å². The Balaban J connectivity index is 1.78. The molecule has 2 aliphatic rings. The number of aliphatic hydroxyl groups is 1. The molecule has 0 radical (unpaired) electrons. The van der Waals surface area contributed by atoms with Crippen molar-refractivity contribution in [3.63, 3.8) is 0 Å². The number of Topliss-reactive ketones (excluding diaryl/α,β-unsaturated/α-hetero) is 1. The Bertz CT molecular complexity index is 773. The summed E-state index contributed by atoms with van der Waals surface area (Å²) in [7, 11) is 0. The molecule has 0 amide bonds. The van der Waals surface area contributed by atoms with E-state index < -0.39 is 5.97 Å². The fourth-order valence-electron chi connectivity index (χ4n) is 5.25. The molecule has 0 aliphatic heterocycles. The predicted octanol–water partition coefficient (Wildman–Crippen LogP) is 5.85. The van der Waals surface area contributed by atoms with Gasteiger partial charge in [-0.15, -0.1) is 17.9 Å². The van der Waals surface area contributed by atoms with Crippen molar-refractivity contribution in [2.75, 3.05) is 11.4 Å². The molecule has 0 unspecified atom stereocenters. The van der Waals surface area contributed by atoms with Gasteiger partial charge in [0.1, 0.15) is 10.7 Å². The molecule has 0 aromatic carbocycles. The molecule has 0 saturated heterocycles. The molecular formula is C26H39NO4S. The zero-order valence-electron chi connectivity index (χ0n) is 19.4. The van der Waals surface area contributed by atoms with Crippen LogP contribution in [0.3, 0.4) is 0 Å². The maximum Gasteiger partial charge on any atom is 0.348 e. The first-order valence-electron chi connectivity index (χ1n) is 12.3. The fraction of sp³-hybridized carbons (Fsp3) is 0.692. The minimum Gasteiger partial charge on any atom is -0.477 e. The number of aryl methyl sites for hydroxylation is 1. The number of rotatable bonds is 11. The van der Waals surface area contributed by atoms with Gasteiger partial charge in [0.05, 0.1) is 11.8 Å². The summed E-state index contributed by atoms with van der Waals surface area (Å²) in [5, 5.41) is 20.0. The van der Waals surface area contributed by atoms with Crippen LogP contribution in [-0.4, -0.2) is 40.7 Å². The van der Waals surface area contributed by atoms with E-state index in [0.717, 1.165) is 61.6 Å². The van der Waals surface area contributed by atoms with Crippen molar-refractivity contribution in [1.29, 1.82) is 0 Å². The lowest BCUT2D eigenvalue weighted by Gasteiger charge is -2.40. The fourth-order valence-corrected chi connectivity index (χ4v) is 6.29. The van der Waals surface area contributed by atoms with E-state index in [1.165, 1.54) is 37.0 Å². The van der Waals surface area contributed by atoms with E-state index >= 15 is 0 Å². The first-order valence-corrected chi connectivity index (χ1v) is 13.1. The second kappa shape index (κ2) is 12.0. The molecule has 2 fully saturated rings. The molecule has 32 heavy (non-hydrogen) atoms. The first-order chi connectivity index (χ1) is 15.4. The summed E-state index contributed by atoms with van der Waals surface area (Å²) in [5.74, 6) is 0.705. The van der Waals surface area contributed by atoms with Gasteiger partial charge < -0.3 is 15.1 Å². The number of thiophene rings is 1. The Kier molecular flexibility index (Phi) is 9.35. The van der Waals surface area contributed by atoms with Crippen molar-refractivity contribution >= 4 is 28.8 Å². The summed E-state index contributed by atoms with van der Waals surface area (Å²) in [6, 6.07) is 2.36. The Hall–Kier alpha value is -1.66. The number of carboxylic acids is 1. The second-order valence-corrected chi connectivity index (χ2v) is 11.0. The molecule has 2 aliphatic carbocycles. The number of nitrogens with zero attached hydrogens (tertiary/aromatic N) is 1. The second-order valence-electron chi connectivity index (χ2n) is 9.86. The Morgan fingerprint density at radius 3 is 2.47 bits per heavy atom. The van der Waals surface area contributed by atoms with Gasteiger partial charge in [0.2, 0.25) is 0 Å². The monoisotopic (exact) mass is 461 g/mol. The molecule has 1 aromatic heterocycles. The third-order valence-electron chi connectivity index (χ3n) is 7.22. The van der Waals surface area contributed by atoms with E-state index in [1.54, 1.807) is 6.08 Å². The smallest absolute Gasteiger partial charge is 0.348 e. The molecule has 0 atom stereocenters. The zero-order valence-corrected chi connectivity index (χ0v) is 20.2. The number of carbonyl (C=O) groups is 2. The molecule has 0 spiro atoms. The Labute approximate surface area is 196 Å². The van der Waals surface area contributed by atoms with E-state index in [4.69, 9.17) is 0 Å². The number of aromatic carboxylic acids is 1. The number of hydrogen-bond donors (Lipinski definition) is 2. The number of aliphatic hydroxyl groups excluding tert-OH is 1. The molecule has 2 saturated carbocycles. The van der Waals surface area contributed by atoms with Gasteiger partial charge in [-0.2, -0.15) is 0 Å². The van der Waals surface area contributed by atoms with E-state index in [2.05, 4.69) is 24.5 Å². The highest BCUT2D eigenvalue weighted by Gasteiger charge is 2.31. The van der Waals surface area contributed by atoms with E-state index in [0.29, 0.717) is 23.6 Å². The van der Waals surface area contributed by atoms with E-state index in [9.17, 15) is 19.8 Å². The normalized spacial score (nSPS) is 25.9. The van der Waals surface area contributed by atoms with Gasteiger partial charge in [0.25, 0.3) is 0 Å². The third kappa shape index (κ3) is 6.92. The molecule has 2 N–H and O–H groups in total. The topological polar surface area (TPSA) is 77.8 Å². The van der Waals surface area contributed by atoms with Crippen LogP contribution >= 0.6 is 11.3 Å². The van der Waals surface area contributed by atoms with Crippen LogP contribution in [0.1, 0.15) is 92.1 Å². The van der Waals surface area contributed by atoms with Crippen molar-refractivity contribution in [3.8, 4) is 0 Å². The van der Waals surface area contributed by atoms with Gasteiger partial charge >= 0.3 is 5.97 Å². The van der Waals surface area contributed by atoms with Crippen LogP contribution in [0.4, 0.5) is 5.69 Å². The van der Waals surface area contributed by atoms with Crippen LogP contribution in [0.15, 0.2) is 18.7 Å². The minimum atomic E-state index is -0.864. The summed E-state index contributed by atoms with van der Waals surface area (Å²) >= 11 is 1.37. The Morgan fingerprint density at radius 2 is 1.84 bits per heavy atom. The quantitative estimate of drug-likeness (QED) is 0.404. The highest BCUT2D eigenvalue weighted by Crippen LogP contribution is 2.38. The van der Waals surface area contributed by atoms with Crippen molar-refractivity contribution in [3.05, 3.63) is 28.5 Å². The van der Waals surface area contributed by atoms with Crippen LogP contribution in [0.25, 0.3) is 0 Å². The van der Waals surface area contributed by atoms with Gasteiger partial charge in [-0.3, -0.25) is 4.79 Å². The summed E-state index contributed by atoms with van der Waals surface area (Å²) in [6.45, 7) is 6.84. The molecular weight excluding hydrogens is 422 g/mol. The number of ketones is 1. The SMILES string of the molecule is C=CCC(=O)CCCc1cc(N(CC2CCC(C)CC2)C2CCC(O)CC2)c(C(=O)O)s1. The first kappa shape index (κ1) is 25.0. The summed E-state index contributed by atoms with van der Waals surface area (Å²) < 4.78 is 0. The lowest BCUT2D eigenvalue weighted by molar-refractivity contribution is -0.118. The van der Waals surface area contributed by atoms with Gasteiger partial charge in [0.15, 0.2) is 0 Å². The molecule has 0 bridgehead atoms. The summed E-state index contributed by atoms with van der Waals surface area (Å²) in [5.41, 5.74) is 0.856. The average molecular weight is 462 g/mol. The zero-order chi connectivity index (χ0) is 23.1. The number of allylic oxidation sites excluding steroid dienone is 1. The van der Waals surface area contributed by atoms with Crippen molar-refractivity contribution < 1.29 is 19.8 Å². The number of anilines is 1. The number of carbonyl (C=O) groups excluding carboxylic acids is 1. The van der Waals surface area contributed by atoms with Gasteiger partial charge in [-0.05, 0) is 69.3 Å². The lowest BCUT2D eigenvalue weighted by Crippen LogP contribution is -2.43. The average Bonchev–Trinajstić information content (AvgIpc) is 3.18. The molecule has 178 valence electrons. The highest BCUT2D eigenvalue weighted by molar-refractivity contribution is 7.14. The molecule has 5 nitrogen and oxygen atoms in total. The van der Waals surface area contributed by atoms with Crippen molar-refractivity contribution in [2.45, 2.75) is 96.1 Å². The number of hydrogen-bond acceptors (Lipinski definition) is 5. The minimum absolute atomic E-state index is 0.184. The van der Waals surface area contributed by atoms with Crippen molar-refractivity contribution in [2.24, 2.45) is 11.8 Å². The van der Waals surface area contributed by atoms with Crippen molar-refractivity contribution in [1.82, 2.24) is 0 Å². The third-order valence-corrected chi connectivity index (χ3v) is 8.39. The Morgan fingerprint density at radius 1 is 1.16 bits per heavy atom. The standard InChI is InChI=1S/C26H39NO4S/c1-3-5-21(28)6-4-7-23-16-24(25(32-23)26(30)31)27(20-12-14-22(29)15-13-20)17-19-10-8-18(2)9-11-19/h3,16,18-20,22,29H,1,4-15,17H2,2H3,(H,30,31). The lowest BCUT2D eigenvalue weighted by atomic mass is 9.82. The highest BCUT2D eigenvalue weighted by atomic mass is 32.1. The number of carboxylic acid groups (broad SMARTS) is 1. The van der Waals surface area contributed by atoms with Gasteiger partial charge in [-0.25, -0.2) is 4.79 Å². The predicted molar refractivity (Wildman–Crippen MR) is 131 cm³/mol. The van der Waals surface area contributed by atoms with Crippen LogP contribution in [0.2, 0.25) is 0 Å². The molecule has 3 rings (SSSR count). The molecule has 1 aromatic rings. The largest absolute Gasteiger partial charge is 0.477 e. The van der Waals surface area contributed by atoms with E-state index in [1.807, 2.05) is 0 Å². The van der Waals surface area contributed by atoms with Gasteiger partial charge in [-0.1, -0.05) is 25.8 Å². The summed E-state index contributed by atoms with van der Waals surface area (Å²) in [4.78, 5) is 27.8. The molecule has 1 heterocycles. The van der Waals surface area contributed by atoms with Crippen LogP contribution in [-0.2, 0) is 11.2 Å². The molecule has 6 heteroatoms.